The van der Waals surface area contributed by atoms with E-state index in [4.69, 9.17) is 5.26 Å². The first kappa shape index (κ1) is 12.3. The molecular formula is C14H18N2. The highest BCUT2D eigenvalue weighted by Gasteiger charge is 2.09. The molecule has 84 valence electrons. The van der Waals surface area contributed by atoms with E-state index in [0.29, 0.717) is 6.04 Å². The lowest BCUT2D eigenvalue weighted by Gasteiger charge is -2.28. The smallest absolute Gasteiger partial charge is 0.0994 e. The Morgan fingerprint density at radius 2 is 2.19 bits per heavy atom. The maximum atomic E-state index is 8.88. The van der Waals surface area contributed by atoms with E-state index in [1.54, 1.807) is 0 Å². The Kier molecular flexibility index (Phi) is 4.13. The van der Waals surface area contributed by atoms with Gasteiger partial charge in [-0.05, 0) is 44.5 Å². The van der Waals surface area contributed by atoms with Gasteiger partial charge in [-0.3, -0.25) is 0 Å². The van der Waals surface area contributed by atoms with Gasteiger partial charge in [-0.2, -0.15) is 5.26 Å². The summed E-state index contributed by atoms with van der Waals surface area (Å²) in [6.07, 6.45) is 1.90. The number of nitrogens with zero attached hydrogens (tertiary/aromatic N) is 2. The van der Waals surface area contributed by atoms with Crippen molar-refractivity contribution in [1.29, 1.82) is 5.26 Å². The van der Waals surface area contributed by atoms with Gasteiger partial charge in [0.25, 0.3) is 0 Å². The van der Waals surface area contributed by atoms with Gasteiger partial charge in [-0.25, -0.2) is 0 Å². The van der Waals surface area contributed by atoms with E-state index in [9.17, 15) is 0 Å². The molecule has 1 aromatic carbocycles. The van der Waals surface area contributed by atoms with Crippen LogP contribution in [0.4, 0.5) is 5.69 Å². The molecule has 0 aliphatic carbocycles. The minimum absolute atomic E-state index is 0.422. The van der Waals surface area contributed by atoms with E-state index in [1.165, 1.54) is 0 Å². The summed E-state index contributed by atoms with van der Waals surface area (Å²) in [4.78, 5) is 2.25. The summed E-state index contributed by atoms with van der Waals surface area (Å²) in [5.74, 6) is 0. The summed E-state index contributed by atoms with van der Waals surface area (Å²) in [6, 6.07) is 8.54. The van der Waals surface area contributed by atoms with Crippen molar-refractivity contribution in [2.75, 3.05) is 11.4 Å². The minimum Gasteiger partial charge on any atom is -0.365 e. The van der Waals surface area contributed by atoms with Crippen LogP contribution in [0.2, 0.25) is 0 Å². The van der Waals surface area contributed by atoms with Crippen molar-refractivity contribution in [3.8, 4) is 6.07 Å². The Morgan fingerprint density at radius 1 is 1.50 bits per heavy atom. The largest absolute Gasteiger partial charge is 0.365 e. The molecule has 0 N–H and O–H groups in total. The monoisotopic (exact) mass is 214 g/mol. The standard InChI is InChI=1S/C14H18N2/c1-5-8-16(11(2)3)14-7-6-13(10-15)12(4)9-14/h5-7,9,11H,1,8H2,2-4H3. The van der Waals surface area contributed by atoms with Crippen LogP contribution in [0.3, 0.4) is 0 Å². The van der Waals surface area contributed by atoms with Crippen LogP contribution in [0.25, 0.3) is 0 Å². The molecule has 2 heteroatoms. The lowest BCUT2D eigenvalue weighted by atomic mass is 10.1. The Bertz CT molecular complexity index is 413. The number of benzene rings is 1. The Balaban J connectivity index is 3.07. The number of aryl methyl sites for hydroxylation is 1. The second-order valence-electron chi connectivity index (χ2n) is 4.15. The molecule has 1 rings (SSSR count). The van der Waals surface area contributed by atoms with Gasteiger partial charge in [0.05, 0.1) is 11.6 Å². The average molecular weight is 214 g/mol. The van der Waals surface area contributed by atoms with Gasteiger partial charge in [0.1, 0.15) is 0 Å². The molecule has 0 unspecified atom stereocenters. The quantitative estimate of drug-likeness (QED) is 0.719. The second-order valence-corrected chi connectivity index (χ2v) is 4.15. The van der Waals surface area contributed by atoms with Gasteiger partial charge in [0.15, 0.2) is 0 Å². The summed E-state index contributed by atoms with van der Waals surface area (Å²) in [5, 5.41) is 8.88. The SMILES string of the molecule is C=CCN(c1ccc(C#N)c(C)c1)C(C)C. The van der Waals surface area contributed by atoms with Crippen molar-refractivity contribution in [2.24, 2.45) is 0 Å². The summed E-state index contributed by atoms with van der Waals surface area (Å²) in [5.41, 5.74) is 2.91. The zero-order chi connectivity index (χ0) is 12.1. The van der Waals surface area contributed by atoms with Crippen LogP contribution in [0.15, 0.2) is 30.9 Å². The van der Waals surface area contributed by atoms with Crippen LogP contribution in [0.5, 0.6) is 0 Å². The fraction of sp³-hybridized carbons (Fsp3) is 0.357. The molecule has 0 saturated heterocycles. The highest BCUT2D eigenvalue weighted by Crippen LogP contribution is 2.20. The topological polar surface area (TPSA) is 27.0 Å². The zero-order valence-electron chi connectivity index (χ0n) is 10.2. The molecule has 1 aromatic rings. The number of nitriles is 1. The predicted octanol–water partition coefficient (Wildman–Crippen LogP) is 3.27. The van der Waals surface area contributed by atoms with Crippen LogP contribution in [0.1, 0.15) is 25.0 Å². The third-order valence-corrected chi connectivity index (χ3v) is 2.61. The van der Waals surface area contributed by atoms with E-state index >= 15 is 0 Å². The maximum absolute atomic E-state index is 8.88. The molecule has 0 heterocycles. The van der Waals surface area contributed by atoms with Crippen molar-refractivity contribution in [3.05, 3.63) is 42.0 Å². The van der Waals surface area contributed by atoms with E-state index in [1.807, 2.05) is 25.1 Å². The number of anilines is 1. The molecule has 0 aliphatic rings. The van der Waals surface area contributed by atoms with Crippen LogP contribution in [-0.2, 0) is 0 Å². The zero-order valence-corrected chi connectivity index (χ0v) is 10.2. The molecule has 2 nitrogen and oxygen atoms in total. The fourth-order valence-electron chi connectivity index (χ4n) is 1.71. The highest BCUT2D eigenvalue weighted by molar-refractivity contribution is 5.54. The van der Waals surface area contributed by atoms with Crippen molar-refractivity contribution < 1.29 is 0 Å². The lowest BCUT2D eigenvalue weighted by Crippen LogP contribution is -2.30. The van der Waals surface area contributed by atoms with E-state index in [-0.39, 0.29) is 0 Å². The third kappa shape index (κ3) is 2.64. The van der Waals surface area contributed by atoms with Gasteiger partial charge in [-0.1, -0.05) is 6.08 Å². The Hall–Kier alpha value is -1.75. The van der Waals surface area contributed by atoms with Gasteiger partial charge in [0.2, 0.25) is 0 Å². The summed E-state index contributed by atoms with van der Waals surface area (Å²) in [6.45, 7) is 10.9. The maximum Gasteiger partial charge on any atom is 0.0994 e. The van der Waals surface area contributed by atoms with Crippen LogP contribution in [-0.4, -0.2) is 12.6 Å². The molecule has 0 aliphatic heterocycles. The van der Waals surface area contributed by atoms with E-state index in [0.717, 1.165) is 23.4 Å². The molecule has 0 aromatic heterocycles. The van der Waals surface area contributed by atoms with E-state index in [2.05, 4.69) is 37.5 Å². The first-order valence-corrected chi connectivity index (χ1v) is 5.48. The summed E-state index contributed by atoms with van der Waals surface area (Å²) < 4.78 is 0. The molecule has 0 radical (unpaired) electrons. The predicted molar refractivity (Wildman–Crippen MR) is 68.6 cm³/mol. The van der Waals surface area contributed by atoms with Crippen molar-refractivity contribution in [3.63, 3.8) is 0 Å². The summed E-state index contributed by atoms with van der Waals surface area (Å²) >= 11 is 0. The van der Waals surface area contributed by atoms with Crippen molar-refractivity contribution >= 4 is 5.69 Å². The van der Waals surface area contributed by atoms with Crippen LogP contribution < -0.4 is 4.90 Å². The molecule has 0 atom stereocenters. The fourth-order valence-corrected chi connectivity index (χ4v) is 1.71. The third-order valence-electron chi connectivity index (χ3n) is 2.61. The van der Waals surface area contributed by atoms with Gasteiger partial charge in [-0.15, -0.1) is 6.58 Å². The molecule has 0 amide bonds. The number of hydrogen-bond donors (Lipinski definition) is 0. The van der Waals surface area contributed by atoms with E-state index < -0.39 is 0 Å². The number of hydrogen-bond acceptors (Lipinski definition) is 2. The van der Waals surface area contributed by atoms with Gasteiger partial charge >= 0.3 is 0 Å². The Morgan fingerprint density at radius 3 is 2.62 bits per heavy atom. The first-order chi connectivity index (χ1) is 7.60. The summed E-state index contributed by atoms with van der Waals surface area (Å²) in [7, 11) is 0. The second kappa shape index (κ2) is 5.37. The molecular weight excluding hydrogens is 196 g/mol. The van der Waals surface area contributed by atoms with Gasteiger partial charge in [0, 0.05) is 18.3 Å². The molecule has 16 heavy (non-hydrogen) atoms. The average Bonchev–Trinajstić information content (AvgIpc) is 2.25. The molecule has 0 fully saturated rings. The number of rotatable bonds is 4. The van der Waals surface area contributed by atoms with Crippen molar-refractivity contribution in [1.82, 2.24) is 0 Å². The highest BCUT2D eigenvalue weighted by atomic mass is 15.1. The normalized spacial score (nSPS) is 9.94. The first-order valence-electron chi connectivity index (χ1n) is 5.48. The molecule has 0 spiro atoms. The Labute approximate surface area is 97.8 Å². The van der Waals surface area contributed by atoms with Crippen LogP contribution in [0, 0.1) is 18.3 Å². The lowest BCUT2D eigenvalue weighted by molar-refractivity contribution is 0.723. The van der Waals surface area contributed by atoms with Crippen LogP contribution >= 0.6 is 0 Å². The minimum atomic E-state index is 0.422. The van der Waals surface area contributed by atoms with Crippen molar-refractivity contribution in [2.45, 2.75) is 26.8 Å². The van der Waals surface area contributed by atoms with Gasteiger partial charge < -0.3 is 4.90 Å². The molecule has 0 bridgehead atoms. The molecule has 0 saturated carbocycles.